The minimum atomic E-state index is -0.137. The van der Waals surface area contributed by atoms with Gasteiger partial charge in [-0.2, -0.15) is 0 Å². The number of amides is 1. The fourth-order valence-electron chi connectivity index (χ4n) is 2.13. The largest absolute Gasteiger partial charge is 0.454 e. The fourth-order valence-corrected chi connectivity index (χ4v) is 2.82. The second-order valence-corrected chi connectivity index (χ2v) is 5.81. The fraction of sp³-hybridized carbons (Fsp3) is 0.250. The maximum Gasteiger partial charge on any atom is 0.231 e. The van der Waals surface area contributed by atoms with Gasteiger partial charge in [-0.1, -0.05) is 12.1 Å². The molecule has 0 saturated carbocycles. The van der Waals surface area contributed by atoms with Gasteiger partial charge in [0.2, 0.25) is 12.7 Å². The highest BCUT2D eigenvalue weighted by Gasteiger charge is 2.14. The Bertz CT molecular complexity index is 681. The van der Waals surface area contributed by atoms with Gasteiger partial charge in [-0.25, -0.2) is 0 Å². The number of fused-ring (bicyclic) bond motifs is 1. The van der Waals surface area contributed by atoms with Gasteiger partial charge in [-0.3, -0.25) is 9.59 Å². The molecule has 2 heterocycles. The number of hydrogen-bond donors (Lipinski definition) is 1. The van der Waals surface area contributed by atoms with E-state index in [4.69, 9.17) is 9.47 Å². The zero-order valence-electron chi connectivity index (χ0n) is 11.8. The van der Waals surface area contributed by atoms with Gasteiger partial charge in [-0.15, -0.1) is 11.3 Å². The molecule has 3 rings (SSSR count). The summed E-state index contributed by atoms with van der Waals surface area (Å²) in [5, 5.41) is 4.66. The van der Waals surface area contributed by atoms with Crippen LogP contribution in [0.2, 0.25) is 0 Å². The van der Waals surface area contributed by atoms with Crippen molar-refractivity contribution in [2.24, 2.45) is 0 Å². The van der Waals surface area contributed by atoms with E-state index in [0.29, 0.717) is 17.2 Å². The van der Waals surface area contributed by atoms with E-state index in [1.165, 1.54) is 11.3 Å². The van der Waals surface area contributed by atoms with Crippen LogP contribution in [0, 0.1) is 0 Å². The third kappa shape index (κ3) is 3.46. The van der Waals surface area contributed by atoms with Gasteiger partial charge < -0.3 is 14.8 Å². The Balaban J connectivity index is 1.45. The number of thiophene rings is 1. The second-order valence-electron chi connectivity index (χ2n) is 4.86. The number of ketones is 1. The zero-order valence-corrected chi connectivity index (χ0v) is 12.7. The van der Waals surface area contributed by atoms with Gasteiger partial charge in [0.25, 0.3) is 0 Å². The van der Waals surface area contributed by atoms with E-state index in [-0.39, 0.29) is 31.3 Å². The van der Waals surface area contributed by atoms with Gasteiger partial charge in [0.15, 0.2) is 17.3 Å². The lowest BCUT2D eigenvalue weighted by Gasteiger charge is -2.06. The predicted octanol–water partition coefficient (Wildman–Crippen LogP) is 2.76. The van der Waals surface area contributed by atoms with E-state index in [2.05, 4.69) is 5.32 Å². The van der Waals surface area contributed by atoms with Crippen molar-refractivity contribution in [3.8, 4) is 11.5 Å². The summed E-state index contributed by atoms with van der Waals surface area (Å²) in [6.45, 7) is 0.638. The molecule has 0 fully saturated rings. The van der Waals surface area contributed by atoms with Crippen LogP contribution in [0.15, 0.2) is 35.7 Å². The van der Waals surface area contributed by atoms with Crippen molar-refractivity contribution >= 4 is 23.0 Å². The van der Waals surface area contributed by atoms with Gasteiger partial charge in [0.1, 0.15) is 0 Å². The molecule has 0 radical (unpaired) electrons. The van der Waals surface area contributed by atoms with Crippen LogP contribution in [-0.4, -0.2) is 18.5 Å². The summed E-state index contributed by atoms with van der Waals surface area (Å²) in [5.74, 6) is 1.28. The van der Waals surface area contributed by atoms with E-state index in [0.717, 1.165) is 11.3 Å². The van der Waals surface area contributed by atoms with Crippen LogP contribution in [0.5, 0.6) is 11.5 Å². The van der Waals surface area contributed by atoms with Crippen LogP contribution in [0.3, 0.4) is 0 Å². The molecular weight excluding hydrogens is 302 g/mol. The average Bonchev–Trinajstić information content (AvgIpc) is 3.20. The highest BCUT2D eigenvalue weighted by molar-refractivity contribution is 7.12. The molecule has 0 atom stereocenters. The molecule has 1 N–H and O–H groups in total. The number of nitrogens with one attached hydrogen (secondary N) is 1. The van der Waals surface area contributed by atoms with Crippen molar-refractivity contribution in [3.05, 3.63) is 46.2 Å². The molecule has 1 aliphatic rings. The SMILES string of the molecule is O=C(CCC(=O)c1cccs1)NCc1ccc2c(c1)OCO2. The monoisotopic (exact) mass is 317 g/mol. The van der Waals surface area contributed by atoms with Crippen LogP contribution in [0.1, 0.15) is 28.1 Å². The summed E-state index contributed by atoms with van der Waals surface area (Å²) < 4.78 is 10.5. The highest BCUT2D eigenvalue weighted by atomic mass is 32.1. The van der Waals surface area contributed by atoms with Crippen LogP contribution in [0.4, 0.5) is 0 Å². The normalized spacial score (nSPS) is 12.2. The van der Waals surface area contributed by atoms with Crippen LogP contribution in [0.25, 0.3) is 0 Å². The number of carbonyl (C=O) groups is 2. The molecule has 1 amide bonds. The van der Waals surface area contributed by atoms with E-state index in [1.54, 1.807) is 6.07 Å². The summed E-state index contributed by atoms with van der Waals surface area (Å²) in [6.07, 6.45) is 0.425. The molecule has 1 aromatic heterocycles. The topological polar surface area (TPSA) is 64.6 Å². The van der Waals surface area contributed by atoms with Crippen LogP contribution in [-0.2, 0) is 11.3 Å². The summed E-state index contributed by atoms with van der Waals surface area (Å²) in [6, 6.07) is 9.16. The van der Waals surface area contributed by atoms with Crippen molar-refractivity contribution in [2.45, 2.75) is 19.4 Å². The van der Waals surface area contributed by atoms with E-state index >= 15 is 0 Å². The second kappa shape index (κ2) is 6.62. The first-order valence-electron chi connectivity index (χ1n) is 6.94. The maximum atomic E-state index is 11.8. The van der Waals surface area contributed by atoms with Gasteiger partial charge >= 0.3 is 0 Å². The van der Waals surface area contributed by atoms with E-state index < -0.39 is 0 Å². The highest BCUT2D eigenvalue weighted by Crippen LogP contribution is 2.32. The third-order valence-electron chi connectivity index (χ3n) is 3.30. The summed E-state index contributed by atoms with van der Waals surface area (Å²) >= 11 is 1.40. The molecule has 0 spiro atoms. The molecule has 0 aliphatic carbocycles. The molecule has 6 heteroatoms. The first-order chi connectivity index (χ1) is 10.7. The number of Topliss-reactive ketones (excluding diaryl/α,β-unsaturated/α-hetero) is 1. The van der Waals surface area contributed by atoms with Crippen molar-refractivity contribution in [1.29, 1.82) is 0 Å². The Kier molecular flexibility index (Phi) is 4.39. The summed E-state index contributed by atoms with van der Waals surface area (Å²) in [7, 11) is 0. The molecule has 0 bridgehead atoms. The first kappa shape index (κ1) is 14.6. The summed E-state index contributed by atoms with van der Waals surface area (Å²) in [4.78, 5) is 24.3. The van der Waals surface area contributed by atoms with Crippen LogP contribution >= 0.6 is 11.3 Å². The van der Waals surface area contributed by atoms with Crippen molar-refractivity contribution < 1.29 is 19.1 Å². The molecule has 5 nitrogen and oxygen atoms in total. The van der Waals surface area contributed by atoms with Gasteiger partial charge in [0, 0.05) is 19.4 Å². The predicted molar refractivity (Wildman–Crippen MR) is 82.3 cm³/mol. The van der Waals surface area contributed by atoms with E-state index in [9.17, 15) is 9.59 Å². The molecule has 1 aromatic carbocycles. The minimum absolute atomic E-state index is 0.00762. The Morgan fingerprint density at radius 3 is 2.82 bits per heavy atom. The first-order valence-corrected chi connectivity index (χ1v) is 7.82. The van der Waals surface area contributed by atoms with Gasteiger partial charge in [0.05, 0.1) is 4.88 Å². The maximum absolute atomic E-state index is 11.8. The third-order valence-corrected chi connectivity index (χ3v) is 4.21. The number of benzene rings is 1. The van der Waals surface area contributed by atoms with Crippen LogP contribution < -0.4 is 14.8 Å². The lowest BCUT2D eigenvalue weighted by molar-refractivity contribution is -0.121. The summed E-state index contributed by atoms with van der Waals surface area (Å²) in [5.41, 5.74) is 0.933. The molecular formula is C16H15NO4S. The standard InChI is InChI=1S/C16H15NO4S/c18-12(15-2-1-7-22-15)4-6-16(19)17-9-11-3-5-13-14(8-11)21-10-20-13/h1-3,5,7-8H,4,6,9-10H2,(H,17,19). The molecule has 114 valence electrons. The molecule has 1 aliphatic heterocycles. The molecule has 0 saturated heterocycles. The zero-order chi connectivity index (χ0) is 15.4. The van der Waals surface area contributed by atoms with E-state index in [1.807, 2.05) is 29.6 Å². The Morgan fingerprint density at radius 2 is 2.00 bits per heavy atom. The number of carbonyl (C=O) groups excluding carboxylic acids is 2. The molecule has 22 heavy (non-hydrogen) atoms. The Morgan fingerprint density at radius 1 is 1.14 bits per heavy atom. The Labute approximate surface area is 131 Å². The smallest absolute Gasteiger partial charge is 0.231 e. The molecule has 2 aromatic rings. The lowest BCUT2D eigenvalue weighted by atomic mass is 10.1. The number of ether oxygens (including phenoxy) is 2. The van der Waals surface area contributed by atoms with Crippen molar-refractivity contribution in [1.82, 2.24) is 5.32 Å². The quantitative estimate of drug-likeness (QED) is 0.832. The Hall–Kier alpha value is -2.34. The lowest BCUT2D eigenvalue weighted by Crippen LogP contribution is -2.23. The average molecular weight is 317 g/mol. The minimum Gasteiger partial charge on any atom is -0.454 e. The van der Waals surface area contributed by atoms with Crippen molar-refractivity contribution in [3.63, 3.8) is 0 Å². The molecule has 0 unspecified atom stereocenters. The van der Waals surface area contributed by atoms with Gasteiger partial charge in [-0.05, 0) is 29.1 Å². The van der Waals surface area contributed by atoms with Crippen molar-refractivity contribution in [2.75, 3.05) is 6.79 Å². The number of hydrogen-bond acceptors (Lipinski definition) is 5. The number of rotatable bonds is 6.